The molecule has 1 aromatic carbocycles. The average molecular weight is 322 g/mol. The second kappa shape index (κ2) is 6.62. The molecule has 0 amide bonds. The number of carbonyl (C=O) groups excluding carboxylic acids is 1. The van der Waals surface area contributed by atoms with Crippen molar-refractivity contribution in [2.75, 3.05) is 7.11 Å². The van der Waals surface area contributed by atoms with E-state index in [9.17, 15) is 4.79 Å². The molecule has 0 spiro atoms. The smallest absolute Gasteiger partial charge is 0.311 e. The fourth-order valence-corrected chi connectivity index (χ4v) is 2.39. The van der Waals surface area contributed by atoms with Crippen molar-refractivity contribution >= 4 is 23.1 Å². The number of pyridine rings is 1. The van der Waals surface area contributed by atoms with Crippen LogP contribution in [0.1, 0.15) is 16.8 Å². The zero-order valence-electron chi connectivity index (χ0n) is 13.9. The summed E-state index contributed by atoms with van der Waals surface area (Å²) in [4.78, 5) is 16.2. The Morgan fingerprint density at radius 2 is 2.00 bits per heavy atom. The number of esters is 1. The van der Waals surface area contributed by atoms with E-state index in [4.69, 9.17) is 4.74 Å². The van der Waals surface area contributed by atoms with Gasteiger partial charge in [-0.1, -0.05) is 18.2 Å². The highest BCUT2D eigenvalue weighted by molar-refractivity contribution is 5.74. The van der Waals surface area contributed by atoms with Gasteiger partial charge in [-0.05, 0) is 43.2 Å². The van der Waals surface area contributed by atoms with Crippen LogP contribution >= 0.6 is 0 Å². The Bertz CT molecular complexity index is 928. The Morgan fingerprint density at radius 1 is 1.21 bits per heavy atom. The van der Waals surface area contributed by atoms with E-state index in [1.165, 1.54) is 7.11 Å². The van der Waals surface area contributed by atoms with Gasteiger partial charge in [0, 0.05) is 6.20 Å². The van der Waals surface area contributed by atoms with Crippen LogP contribution in [0.15, 0.2) is 52.8 Å². The molecule has 122 valence electrons. The number of hydrogen-bond acceptors (Lipinski definition) is 5. The summed E-state index contributed by atoms with van der Waals surface area (Å²) in [5.74, 6) is 0.182. The van der Waals surface area contributed by atoms with Crippen LogP contribution in [-0.4, -0.2) is 22.5 Å². The second-order valence-electron chi connectivity index (χ2n) is 5.55. The number of benzene rings is 1. The number of nitrogens with zero attached hydrogens (tertiary/aromatic N) is 4. The van der Waals surface area contributed by atoms with E-state index in [1.54, 1.807) is 0 Å². The molecular weight excluding hydrogens is 304 g/mol. The highest BCUT2D eigenvalue weighted by Crippen LogP contribution is 2.26. The van der Waals surface area contributed by atoms with Crippen LogP contribution < -0.4 is 0 Å². The number of rotatable bonds is 4. The number of imidazole rings is 1. The second-order valence-corrected chi connectivity index (χ2v) is 5.55. The summed E-state index contributed by atoms with van der Waals surface area (Å²) in [5.41, 5.74) is 4.17. The van der Waals surface area contributed by atoms with Crippen molar-refractivity contribution in [2.24, 2.45) is 10.2 Å². The van der Waals surface area contributed by atoms with Crippen LogP contribution in [0.4, 0.5) is 11.5 Å². The van der Waals surface area contributed by atoms with Crippen LogP contribution in [0.5, 0.6) is 0 Å². The maximum absolute atomic E-state index is 11.7. The lowest BCUT2D eigenvalue weighted by Gasteiger charge is -2.00. The third-order valence-corrected chi connectivity index (χ3v) is 3.73. The van der Waals surface area contributed by atoms with E-state index < -0.39 is 0 Å². The number of azo groups is 1. The minimum absolute atomic E-state index is 0.0549. The summed E-state index contributed by atoms with van der Waals surface area (Å²) in [5, 5.41) is 8.69. The highest BCUT2D eigenvalue weighted by atomic mass is 16.5. The quantitative estimate of drug-likeness (QED) is 0.537. The van der Waals surface area contributed by atoms with E-state index in [2.05, 4.69) is 15.2 Å². The zero-order chi connectivity index (χ0) is 17.1. The van der Waals surface area contributed by atoms with Gasteiger partial charge in [-0.3, -0.25) is 9.20 Å². The number of hydrogen-bond donors (Lipinski definition) is 0. The molecule has 0 atom stereocenters. The summed E-state index contributed by atoms with van der Waals surface area (Å²) in [6.45, 7) is 3.96. The van der Waals surface area contributed by atoms with Gasteiger partial charge >= 0.3 is 5.97 Å². The Balaban J connectivity index is 2.08. The SMILES string of the molecule is COC(=O)Cc1nc2cc(C)ccn2c1N=Nc1ccccc1C. The number of fused-ring (bicyclic) bond motifs is 1. The first kappa shape index (κ1) is 15.9. The van der Waals surface area contributed by atoms with E-state index in [0.717, 1.165) is 22.5 Å². The van der Waals surface area contributed by atoms with Crippen molar-refractivity contribution in [1.29, 1.82) is 0 Å². The Hall–Kier alpha value is -3.02. The van der Waals surface area contributed by atoms with E-state index in [0.29, 0.717) is 11.5 Å². The fourth-order valence-electron chi connectivity index (χ4n) is 2.39. The van der Waals surface area contributed by atoms with Crippen LogP contribution in [0.3, 0.4) is 0 Å². The maximum Gasteiger partial charge on any atom is 0.311 e. The van der Waals surface area contributed by atoms with Gasteiger partial charge < -0.3 is 4.74 Å². The maximum atomic E-state index is 11.7. The van der Waals surface area contributed by atoms with Crippen molar-refractivity contribution in [3.05, 3.63) is 59.4 Å². The molecule has 6 nitrogen and oxygen atoms in total. The molecule has 0 aliphatic carbocycles. The topological polar surface area (TPSA) is 68.3 Å². The Morgan fingerprint density at radius 3 is 2.75 bits per heavy atom. The van der Waals surface area contributed by atoms with Gasteiger partial charge in [0.2, 0.25) is 0 Å². The summed E-state index contributed by atoms with van der Waals surface area (Å²) >= 11 is 0. The molecule has 24 heavy (non-hydrogen) atoms. The molecule has 0 unspecified atom stereocenters. The first-order chi connectivity index (χ1) is 11.6. The van der Waals surface area contributed by atoms with Gasteiger partial charge in [0.25, 0.3) is 0 Å². The normalized spacial score (nSPS) is 11.3. The molecule has 0 N–H and O–H groups in total. The van der Waals surface area contributed by atoms with E-state index in [1.807, 2.05) is 60.8 Å². The predicted molar refractivity (Wildman–Crippen MR) is 91.0 cm³/mol. The van der Waals surface area contributed by atoms with Crippen LogP contribution in [0, 0.1) is 13.8 Å². The minimum Gasteiger partial charge on any atom is -0.469 e. The lowest BCUT2D eigenvalue weighted by molar-refractivity contribution is -0.139. The van der Waals surface area contributed by atoms with Gasteiger partial charge in [0.05, 0.1) is 24.9 Å². The molecule has 3 rings (SSSR count). The lowest BCUT2D eigenvalue weighted by atomic mass is 10.2. The first-order valence-corrected chi connectivity index (χ1v) is 7.60. The molecule has 0 aliphatic rings. The molecule has 2 heterocycles. The zero-order valence-corrected chi connectivity index (χ0v) is 13.9. The molecule has 0 aliphatic heterocycles. The number of ether oxygens (including phenoxy) is 1. The van der Waals surface area contributed by atoms with Gasteiger partial charge in [-0.25, -0.2) is 4.98 Å². The molecule has 0 fully saturated rings. The lowest BCUT2D eigenvalue weighted by Crippen LogP contribution is -2.04. The predicted octanol–water partition coefficient (Wildman–Crippen LogP) is 4.08. The van der Waals surface area contributed by atoms with Crippen LogP contribution in [-0.2, 0) is 16.0 Å². The summed E-state index contributed by atoms with van der Waals surface area (Å²) in [6.07, 6.45) is 1.93. The largest absolute Gasteiger partial charge is 0.469 e. The fraction of sp³-hybridized carbons (Fsp3) is 0.222. The van der Waals surface area contributed by atoms with Gasteiger partial charge in [-0.15, -0.1) is 10.2 Å². The Labute approximate surface area is 139 Å². The third-order valence-electron chi connectivity index (χ3n) is 3.73. The standard InChI is InChI=1S/C18H18N4O2/c1-12-8-9-22-16(10-12)19-15(11-17(23)24-3)18(22)21-20-14-7-5-4-6-13(14)2/h4-10H,11H2,1-3H3. The summed E-state index contributed by atoms with van der Waals surface area (Å²) in [7, 11) is 1.36. The first-order valence-electron chi connectivity index (χ1n) is 7.60. The molecule has 0 saturated heterocycles. The van der Waals surface area contributed by atoms with Crippen molar-refractivity contribution in [1.82, 2.24) is 9.38 Å². The van der Waals surface area contributed by atoms with E-state index in [-0.39, 0.29) is 12.4 Å². The van der Waals surface area contributed by atoms with Gasteiger partial charge in [0.15, 0.2) is 5.82 Å². The number of aromatic nitrogens is 2. The molecule has 0 bridgehead atoms. The average Bonchev–Trinajstić information content (AvgIpc) is 2.90. The monoisotopic (exact) mass is 322 g/mol. The summed E-state index contributed by atoms with van der Waals surface area (Å²) in [6, 6.07) is 11.6. The molecular formula is C18H18N4O2. The van der Waals surface area contributed by atoms with Crippen molar-refractivity contribution in [2.45, 2.75) is 20.3 Å². The summed E-state index contributed by atoms with van der Waals surface area (Å²) < 4.78 is 6.58. The minimum atomic E-state index is -0.359. The van der Waals surface area contributed by atoms with Gasteiger partial charge in [-0.2, -0.15) is 0 Å². The van der Waals surface area contributed by atoms with Crippen molar-refractivity contribution in [3.63, 3.8) is 0 Å². The highest BCUT2D eigenvalue weighted by Gasteiger charge is 2.16. The van der Waals surface area contributed by atoms with Crippen LogP contribution in [0.25, 0.3) is 5.65 Å². The number of methoxy groups -OCH3 is 1. The van der Waals surface area contributed by atoms with Crippen molar-refractivity contribution < 1.29 is 9.53 Å². The number of carbonyl (C=O) groups is 1. The number of aryl methyl sites for hydroxylation is 2. The molecule has 3 aromatic rings. The molecule has 2 aromatic heterocycles. The molecule has 6 heteroatoms. The molecule has 0 saturated carbocycles. The third kappa shape index (κ3) is 3.17. The molecule has 0 radical (unpaired) electrons. The van der Waals surface area contributed by atoms with Crippen molar-refractivity contribution in [3.8, 4) is 0 Å². The van der Waals surface area contributed by atoms with E-state index >= 15 is 0 Å². The van der Waals surface area contributed by atoms with Gasteiger partial charge in [0.1, 0.15) is 5.65 Å². The Kier molecular flexibility index (Phi) is 4.37. The van der Waals surface area contributed by atoms with Crippen LogP contribution in [0.2, 0.25) is 0 Å².